The highest BCUT2D eigenvalue weighted by atomic mass is 32.1. The van der Waals surface area contributed by atoms with Crippen molar-refractivity contribution in [2.24, 2.45) is 0 Å². The van der Waals surface area contributed by atoms with Crippen molar-refractivity contribution in [2.45, 2.75) is 6.54 Å². The molecule has 2 aliphatic heterocycles. The van der Waals surface area contributed by atoms with E-state index in [1.165, 1.54) is 31.4 Å². The molecule has 0 atom stereocenters. The summed E-state index contributed by atoms with van der Waals surface area (Å²) in [6.07, 6.45) is 1.33. The fourth-order valence-electron chi connectivity index (χ4n) is 4.24. The molecule has 0 aromatic heterocycles. The highest BCUT2D eigenvalue weighted by Gasteiger charge is 2.37. The number of halogens is 1. The van der Waals surface area contributed by atoms with Crippen LogP contribution in [0.3, 0.4) is 0 Å². The number of imide groups is 1. The number of nitrogens with zero attached hydrogens (tertiary/aromatic N) is 2. The Morgan fingerprint density at radius 3 is 2.22 bits per heavy atom. The number of para-hydroxylation sites is 1. The van der Waals surface area contributed by atoms with Crippen molar-refractivity contribution in [3.8, 4) is 5.75 Å². The van der Waals surface area contributed by atoms with Gasteiger partial charge in [0.05, 0.1) is 30.5 Å². The molecule has 10 heteroatoms. The van der Waals surface area contributed by atoms with Gasteiger partial charge in [-0.1, -0.05) is 30.3 Å². The average Bonchev–Trinajstić information content (AvgIpc) is 3.12. The number of carbonyl (C=O) groups excluding carboxylic acids is 4. The Morgan fingerprint density at radius 1 is 0.919 bits per heavy atom. The van der Waals surface area contributed by atoms with Gasteiger partial charge in [-0.2, -0.15) is 0 Å². The van der Waals surface area contributed by atoms with E-state index in [4.69, 9.17) is 17.0 Å². The van der Waals surface area contributed by atoms with Crippen LogP contribution in [0.15, 0.2) is 72.3 Å². The van der Waals surface area contributed by atoms with Gasteiger partial charge in [-0.3, -0.25) is 29.4 Å². The third-order valence-corrected chi connectivity index (χ3v) is 6.30. The Hall–Kier alpha value is -4.70. The minimum absolute atomic E-state index is 0.0852. The predicted molar refractivity (Wildman–Crippen MR) is 136 cm³/mol. The van der Waals surface area contributed by atoms with E-state index in [9.17, 15) is 23.6 Å². The van der Waals surface area contributed by atoms with Gasteiger partial charge >= 0.3 is 0 Å². The molecule has 184 valence electrons. The van der Waals surface area contributed by atoms with E-state index in [2.05, 4.69) is 5.32 Å². The zero-order valence-corrected chi connectivity index (χ0v) is 20.2. The smallest absolute Gasteiger partial charge is 0.270 e. The largest absolute Gasteiger partial charge is 0.496 e. The summed E-state index contributed by atoms with van der Waals surface area (Å²) in [5.74, 6) is -2.66. The molecule has 4 amide bonds. The van der Waals surface area contributed by atoms with Crippen LogP contribution < -0.4 is 15.0 Å². The van der Waals surface area contributed by atoms with Crippen LogP contribution in [0.4, 0.5) is 10.1 Å². The van der Waals surface area contributed by atoms with Crippen LogP contribution in [-0.2, 0) is 16.1 Å². The summed E-state index contributed by atoms with van der Waals surface area (Å²) in [7, 11) is 1.45. The number of thiocarbonyl (C=S) groups is 1. The predicted octanol–water partition coefficient (Wildman–Crippen LogP) is 3.46. The first-order valence-electron chi connectivity index (χ1n) is 11.1. The Bertz CT molecular complexity index is 1520. The van der Waals surface area contributed by atoms with Gasteiger partial charge in [-0.05, 0) is 60.3 Å². The third-order valence-electron chi connectivity index (χ3n) is 6.02. The van der Waals surface area contributed by atoms with Gasteiger partial charge in [0.2, 0.25) is 0 Å². The van der Waals surface area contributed by atoms with Crippen LogP contribution >= 0.6 is 12.2 Å². The first-order valence-corrected chi connectivity index (χ1v) is 11.5. The van der Waals surface area contributed by atoms with E-state index >= 15 is 0 Å². The number of hydrogen-bond acceptors (Lipinski definition) is 6. The number of hydrogen-bond donors (Lipinski definition) is 1. The van der Waals surface area contributed by atoms with Gasteiger partial charge in [0, 0.05) is 5.56 Å². The van der Waals surface area contributed by atoms with Gasteiger partial charge in [-0.25, -0.2) is 9.29 Å². The molecule has 2 heterocycles. The molecule has 0 spiro atoms. The van der Waals surface area contributed by atoms with E-state index in [1.54, 1.807) is 48.5 Å². The molecule has 3 aromatic carbocycles. The number of ether oxygens (including phenoxy) is 1. The first-order chi connectivity index (χ1) is 17.8. The second-order valence-corrected chi connectivity index (χ2v) is 8.61. The maximum absolute atomic E-state index is 14.4. The minimum Gasteiger partial charge on any atom is -0.496 e. The summed E-state index contributed by atoms with van der Waals surface area (Å²) < 4.78 is 19.8. The maximum atomic E-state index is 14.4. The van der Waals surface area contributed by atoms with Crippen molar-refractivity contribution in [1.29, 1.82) is 0 Å². The molecular weight excluding hydrogens is 497 g/mol. The highest BCUT2D eigenvalue weighted by molar-refractivity contribution is 7.80. The molecule has 2 aliphatic rings. The van der Waals surface area contributed by atoms with Crippen LogP contribution in [-0.4, -0.2) is 40.8 Å². The Kier molecular flexibility index (Phi) is 6.10. The van der Waals surface area contributed by atoms with Crippen LogP contribution in [0.1, 0.15) is 31.8 Å². The zero-order chi connectivity index (χ0) is 26.3. The lowest BCUT2D eigenvalue weighted by molar-refractivity contribution is -0.122. The first kappa shape index (κ1) is 24.0. The number of methoxy groups -OCH3 is 1. The van der Waals surface area contributed by atoms with E-state index in [0.29, 0.717) is 28.0 Å². The number of fused-ring (bicyclic) bond motifs is 1. The Balaban J connectivity index is 1.49. The number of anilines is 1. The molecule has 3 aromatic rings. The molecule has 0 saturated carbocycles. The fraction of sp³-hybridized carbons (Fsp3) is 0.0741. The second-order valence-electron chi connectivity index (χ2n) is 8.22. The molecule has 0 aliphatic carbocycles. The summed E-state index contributed by atoms with van der Waals surface area (Å²) >= 11 is 5.12. The molecule has 37 heavy (non-hydrogen) atoms. The number of nitrogens with one attached hydrogen (secondary N) is 1. The van der Waals surface area contributed by atoms with Crippen LogP contribution in [0.25, 0.3) is 6.08 Å². The van der Waals surface area contributed by atoms with E-state index < -0.39 is 29.4 Å². The number of carbonyl (C=O) groups is 4. The van der Waals surface area contributed by atoms with Crippen molar-refractivity contribution in [1.82, 2.24) is 10.2 Å². The summed E-state index contributed by atoms with van der Waals surface area (Å²) in [5.41, 5.74) is 1.18. The highest BCUT2D eigenvalue weighted by Crippen LogP contribution is 2.29. The topological polar surface area (TPSA) is 96.0 Å². The molecule has 5 rings (SSSR count). The molecule has 1 N–H and O–H groups in total. The second kappa shape index (κ2) is 9.40. The lowest BCUT2D eigenvalue weighted by Gasteiger charge is -2.29. The summed E-state index contributed by atoms with van der Waals surface area (Å²) in [4.78, 5) is 53.6. The quantitative estimate of drug-likeness (QED) is 0.242. The molecule has 1 saturated heterocycles. The third kappa shape index (κ3) is 4.17. The normalized spacial score (nSPS) is 16.4. The average molecular weight is 516 g/mol. The van der Waals surface area contributed by atoms with Gasteiger partial charge in [0.25, 0.3) is 23.6 Å². The van der Waals surface area contributed by atoms with Crippen LogP contribution in [0, 0.1) is 5.82 Å². The standard InChI is InChI=1S/C27H18FN3O5S/c1-36-22-11-10-15(12-16(22)14-30-24(33)17-6-2-3-7-18(17)25(30)34)13-19-23(32)29-27(37)31(26(19)35)21-9-5-4-8-20(21)28/h2-13H,14H2,1H3,(H,29,32,37)/b19-13+. The van der Waals surface area contributed by atoms with Crippen LogP contribution in [0.5, 0.6) is 5.75 Å². The van der Waals surface area contributed by atoms with Crippen molar-refractivity contribution in [2.75, 3.05) is 12.0 Å². The lowest BCUT2D eigenvalue weighted by Crippen LogP contribution is -2.54. The minimum atomic E-state index is -0.795. The Labute approximate surface area is 215 Å². The number of rotatable bonds is 5. The van der Waals surface area contributed by atoms with Crippen molar-refractivity contribution < 1.29 is 28.3 Å². The van der Waals surface area contributed by atoms with E-state index in [1.807, 2.05) is 0 Å². The molecule has 8 nitrogen and oxygen atoms in total. The van der Waals surface area contributed by atoms with Crippen molar-refractivity contribution in [3.05, 3.63) is 100 Å². The van der Waals surface area contributed by atoms with Crippen molar-refractivity contribution >= 4 is 52.7 Å². The maximum Gasteiger partial charge on any atom is 0.270 e. The number of amides is 4. The van der Waals surface area contributed by atoms with Gasteiger partial charge < -0.3 is 4.74 Å². The van der Waals surface area contributed by atoms with Gasteiger partial charge in [0.15, 0.2) is 5.11 Å². The SMILES string of the molecule is COc1ccc(/C=C2\C(=O)NC(=S)N(c3ccccc3F)C2=O)cc1CN1C(=O)c2ccccc2C1=O. The van der Waals surface area contributed by atoms with Crippen molar-refractivity contribution in [3.63, 3.8) is 0 Å². The summed E-state index contributed by atoms with van der Waals surface area (Å²) in [6, 6.07) is 16.9. The molecular formula is C27H18FN3O5S. The molecule has 0 radical (unpaired) electrons. The fourth-order valence-corrected chi connectivity index (χ4v) is 4.51. The summed E-state index contributed by atoms with van der Waals surface area (Å²) in [6.45, 7) is -0.0852. The molecule has 1 fully saturated rings. The van der Waals surface area contributed by atoms with Gasteiger partial charge in [-0.15, -0.1) is 0 Å². The Morgan fingerprint density at radius 2 is 1.57 bits per heavy atom. The molecule has 0 unspecified atom stereocenters. The monoisotopic (exact) mass is 515 g/mol. The van der Waals surface area contributed by atoms with E-state index in [-0.39, 0.29) is 22.9 Å². The lowest BCUT2D eigenvalue weighted by atomic mass is 10.0. The van der Waals surface area contributed by atoms with E-state index in [0.717, 1.165) is 9.80 Å². The zero-order valence-electron chi connectivity index (χ0n) is 19.4. The number of benzene rings is 3. The van der Waals surface area contributed by atoms with Gasteiger partial charge in [0.1, 0.15) is 17.1 Å². The molecule has 0 bridgehead atoms. The van der Waals surface area contributed by atoms with Crippen LogP contribution in [0.2, 0.25) is 0 Å². The summed E-state index contributed by atoms with van der Waals surface area (Å²) in [5, 5.41) is 2.18.